The van der Waals surface area contributed by atoms with Crippen molar-refractivity contribution in [1.29, 1.82) is 0 Å². The maximum absolute atomic E-state index is 10.9. The first-order valence-electron chi connectivity index (χ1n) is 5.48. The van der Waals surface area contributed by atoms with Crippen molar-refractivity contribution in [3.05, 3.63) is 48.0 Å². The van der Waals surface area contributed by atoms with Crippen LogP contribution in [0.3, 0.4) is 0 Å². The zero-order chi connectivity index (χ0) is 11.2. The Hall–Kier alpha value is -1.22. The molecule has 16 heavy (non-hydrogen) atoms. The van der Waals surface area contributed by atoms with Crippen molar-refractivity contribution >= 4 is 17.0 Å². The smallest absolute Gasteiger partial charge is 0.279 e. The molecular formula is C13H15NOS. The molecule has 1 amide bonds. The van der Waals surface area contributed by atoms with Crippen LogP contribution in [0.25, 0.3) is 0 Å². The van der Waals surface area contributed by atoms with Crippen LogP contribution in [0.15, 0.2) is 42.5 Å². The number of nitrogens with one attached hydrogen (secondary N) is 1. The third-order valence-electron chi connectivity index (χ3n) is 2.51. The summed E-state index contributed by atoms with van der Waals surface area (Å²) in [5.41, 5.74) is 1.36. The molecule has 0 saturated carbocycles. The molecule has 0 aliphatic carbocycles. The summed E-state index contributed by atoms with van der Waals surface area (Å²) < 4.78 is 0. The van der Waals surface area contributed by atoms with Gasteiger partial charge in [0, 0.05) is 5.75 Å². The minimum Gasteiger partial charge on any atom is -0.340 e. The van der Waals surface area contributed by atoms with Gasteiger partial charge in [-0.2, -0.15) is 0 Å². The summed E-state index contributed by atoms with van der Waals surface area (Å²) in [5, 5.41) is 2.98. The van der Waals surface area contributed by atoms with Crippen LogP contribution in [0, 0.1) is 0 Å². The molecule has 0 radical (unpaired) electrons. The molecular weight excluding hydrogens is 218 g/mol. The molecule has 0 aromatic heterocycles. The first kappa shape index (κ1) is 11.3. The lowest BCUT2D eigenvalue weighted by Gasteiger charge is -2.01. The lowest BCUT2D eigenvalue weighted by atomic mass is 10.1. The van der Waals surface area contributed by atoms with E-state index < -0.39 is 0 Å². The predicted molar refractivity (Wildman–Crippen MR) is 68.7 cm³/mol. The molecule has 0 unspecified atom stereocenters. The Kier molecular flexibility index (Phi) is 4.05. The van der Waals surface area contributed by atoms with E-state index in [0.717, 1.165) is 18.6 Å². The minimum absolute atomic E-state index is 0.0951. The van der Waals surface area contributed by atoms with Crippen LogP contribution in [-0.2, 0) is 6.42 Å². The van der Waals surface area contributed by atoms with E-state index in [2.05, 4.69) is 41.7 Å². The highest BCUT2D eigenvalue weighted by Crippen LogP contribution is 2.14. The molecule has 1 saturated heterocycles. The summed E-state index contributed by atoms with van der Waals surface area (Å²) in [6.45, 7) is 0. The number of carbonyl (C=O) groups is 1. The Bertz CT molecular complexity index is 375. The topological polar surface area (TPSA) is 29.1 Å². The fourth-order valence-corrected chi connectivity index (χ4v) is 2.42. The predicted octanol–water partition coefficient (Wildman–Crippen LogP) is 3.00. The molecule has 2 nitrogen and oxygen atoms in total. The number of amides is 1. The molecule has 0 bridgehead atoms. The minimum atomic E-state index is 0.0951. The van der Waals surface area contributed by atoms with Crippen LogP contribution in [0.5, 0.6) is 0 Å². The van der Waals surface area contributed by atoms with Crippen LogP contribution < -0.4 is 5.32 Å². The first-order valence-corrected chi connectivity index (χ1v) is 6.47. The zero-order valence-electron chi connectivity index (χ0n) is 9.06. The first-order chi connectivity index (χ1) is 7.84. The molecule has 1 aliphatic rings. The van der Waals surface area contributed by atoms with Crippen LogP contribution in [0.1, 0.15) is 12.0 Å². The number of allylic oxidation sites excluding steroid dienone is 1. The highest BCUT2D eigenvalue weighted by atomic mass is 32.2. The van der Waals surface area contributed by atoms with Crippen molar-refractivity contribution in [1.82, 2.24) is 5.32 Å². The summed E-state index contributed by atoms with van der Waals surface area (Å²) in [4.78, 5) is 10.9. The molecule has 2 rings (SSSR count). The summed E-state index contributed by atoms with van der Waals surface area (Å²) in [7, 11) is 0. The van der Waals surface area contributed by atoms with E-state index >= 15 is 0 Å². The second-order valence-corrected chi connectivity index (χ2v) is 4.79. The molecule has 1 N–H and O–H groups in total. The molecule has 1 aromatic carbocycles. The number of aryl methyl sites for hydroxylation is 1. The quantitative estimate of drug-likeness (QED) is 0.810. The molecule has 1 fully saturated rings. The standard InChI is InChI=1S/C13H15NOS/c15-13-14-12(10-16-13)9-5-4-8-11-6-2-1-3-7-11/h1-3,5-7,9,12H,4,8,10H2,(H,14,15)/b9-5+/t12-/m1/s1. The number of hydrogen-bond donors (Lipinski definition) is 1. The van der Waals surface area contributed by atoms with E-state index in [-0.39, 0.29) is 11.3 Å². The second-order valence-electron chi connectivity index (χ2n) is 3.80. The van der Waals surface area contributed by atoms with Gasteiger partial charge in [-0.3, -0.25) is 4.79 Å². The van der Waals surface area contributed by atoms with Gasteiger partial charge < -0.3 is 5.32 Å². The maximum Gasteiger partial charge on any atom is 0.279 e. The summed E-state index contributed by atoms with van der Waals surface area (Å²) in [6, 6.07) is 10.7. The number of benzene rings is 1. The number of rotatable bonds is 4. The van der Waals surface area contributed by atoms with Crippen LogP contribution in [-0.4, -0.2) is 17.0 Å². The fraction of sp³-hybridized carbons (Fsp3) is 0.308. The Morgan fingerprint density at radius 2 is 2.19 bits per heavy atom. The highest BCUT2D eigenvalue weighted by Gasteiger charge is 2.18. The van der Waals surface area contributed by atoms with E-state index in [1.54, 1.807) is 0 Å². The second kappa shape index (κ2) is 5.75. The molecule has 1 aromatic rings. The lowest BCUT2D eigenvalue weighted by molar-refractivity contribution is 0.261. The molecule has 1 aliphatic heterocycles. The summed E-state index contributed by atoms with van der Waals surface area (Å²) in [6.07, 6.45) is 6.34. The van der Waals surface area contributed by atoms with E-state index in [4.69, 9.17) is 0 Å². The highest BCUT2D eigenvalue weighted by molar-refractivity contribution is 8.14. The molecule has 0 spiro atoms. The Labute approximate surface area is 100 Å². The van der Waals surface area contributed by atoms with Crippen LogP contribution in [0.4, 0.5) is 4.79 Å². The zero-order valence-corrected chi connectivity index (χ0v) is 9.87. The number of carbonyl (C=O) groups excluding carboxylic acids is 1. The van der Waals surface area contributed by atoms with Crippen LogP contribution in [0.2, 0.25) is 0 Å². The van der Waals surface area contributed by atoms with E-state index in [1.807, 2.05) is 6.07 Å². The lowest BCUT2D eigenvalue weighted by Crippen LogP contribution is -2.23. The number of hydrogen-bond acceptors (Lipinski definition) is 2. The van der Waals surface area contributed by atoms with E-state index in [1.165, 1.54) is 17.3 Å². The van der Waals surface area contributed by atoms with Gasteiger partial charge >= 0.3 is 0 Å². The third kappa shape index (κ3) is 3.42. The van der Waals surface area contributed by atoms with Gasteiger partial charge in [0.1, 0.15) is 0 Å². The average molecular weight is 233 g/mol. The van der Waals surface area contributed by atoms with E-state index in [0.29, 0.717) is 0 Å². The molecule has 3 heteroatoms. The number of thioether (sulfide) groups is 1. The Morgan fingerprint density at radius 3 is 2.88 bits per heavy atom. The summed E-state index contributed by atoms with van der Waals surface area (Å²) >= 11 is 1.36. The van der Waals surface area contributed by atoms with Gasteiger partial charge in [0.25, 0.3) is 5.24 Å². The van der Waals surface area contributed by atoms with Crippen molar-refractivity contribution < 1.29 is 4.79 Å². The van der Waals surface area contributed by atoms with Gasteiger partial charge in [-0.25, -0.2) is 0 Å². The molecule has 1 heterocycles. The maximum atomic E-state index is 10.9. The van der Waals surface area contributed by atoms with Crippen molar-refractivity contribution in [3.8, 4) is 0 Å². The van der Waals surface area contributed by atoms with Gasteiger partial charge in [-0.1, -0.05) is 54.2 Å². The van der Waals surface area contributed by atoms with Crippen molar-refractivity contribution in [3.63, 3.8) is 0 Å². The van der Waals surface area contributed by atoms with Crippen LogP contribution >= 0.6 is 11.8 Å². The molecule has 84 valence electrons. The summed E-state index contributed by atoms with van der Waals surface area (Å²) in [5.74, 6) is 0.862. The molecule has 1 atom stereocenters. The Morgan fingerprint density at radius 1 is 1.38 bits per heavy atom. The van der Waals surface area contributed by atoms with Gasteiger partial charge in [0.2, 0.25) is 0 Å². The Balaban J connectivity index is 1.72. The van der Waals surface area contributed by atoms with Gasteiger partial charge in [0.15, 0.2) is 0 Å². The van der Waals surface area contributed by atoms with Gasteiger partial charge in [0.05, 0.1) is 6.04 Å². The average Bonchev–Trinajstić information content (AvgIpc) is 2.72. The van der Waals surface area contributed by atoms with Crippen molar-refractivity contribution in [2.75, 3.05) is 5.75 Å². The third-order valence-corrected chi connectivity index (χ3v) is 3.41. The monoisotopic (exact) mass is 233 g/mol. The van der Waals surface area contributed by atoms with E-state index in [9.17, 15) is 4.79 Å². The SMILES string of the molecule is O=C1N[C@H](/C=C/CCc2ccccc2)CS1. The van der Waals surface area contributed by atoms with Crippen molar-refractivity contribution in [2.24, 2.45) is 0 Å². The normalized spacial score (nSPS) is 20.2. The largest absolute Gasteiger partial charge is 0.340 e. The fourth-order valence-electron chi connectivity index (χ4n) is 1.66. The van der Waals surface area contributed by atoms with Gasteiger partial charge in [-0.05, 0) is 18.4 Å². The van der Waals surface area contributed by atoms with Gasteiger partial charge in [-0.15, -0.1) is 0 Å². The van der Waals surface area contributed by atoms with Crippen molar-refractivity contribution in [2.45, 2.75) is 18.9 Å².